The summed E-state index contributed by atoms with van der Waals surface area (Å²) in [6, 6.07) is 0. The van der Waals surface area contributed by atoms with Gasteiger partial charge in [0.15, 0.2) is 0 Å². The van der Waals surface area contributed by atoms with Crippen LogP contribution in [0.4, 0.5) is 0 Å². The van der Waals surface area contributed by atoms with Gasteiger partial charge >= 0.3 is 0 Å². The van der Waals surface area contributed by atoms with Crippen LogP contribution in [0.5, 0.6) is 0 Å². The molecular weight excluding hydrogens is 272 g/mol. The van der Waals surface area contributed by atoms with Crippen LogP contribution in [-0.4, -0.2) is 22.4 Å². The molecule has 0 saturated heterocycles. The highest BCUT2D eigenvalue weighted by molar-refractivity contribution is 5.30. The van der Waals surface area contributed by atoms with Gasteiger partial charge in [-0.2, -0.15) is 0 Å². The number of aliphatic hydroxyl groups is 2. The fraction of sp³-hybridized carbons (Fsp3) is 0.800. The maximum atomic E-state index is 10.5. The third-order valence-electron chi connectivity index (χ3n) is 7.45. The highest BCUT2D eigenvalue weighted by Gasteiger charge is 2.49. The summed E-state index contributed by atoms with van der Waals surface area (Å²) in [5.41, 5.74) is 4.19. The SMILES string of the molecule is C=C1C2C[C@@H]3C[C@H](O)C(C)=C(CC[C@]2(C)CC[C@@H]1O)C3(C)C. The summed E-state index contributed by atoms with van der Waals surface area (Å²) in [6.07, 6.45) is 5.51. The van der Waals surface area contributed by atoms with Crippen molar-refractivity contribution in [3.8, 4) is 0 Å². The maximum absolute atomic E-state index is 10.5. The number of hydrogen-bond acceptors (Lipinski definition) is 2. The standard InChI is InChI=1S/C20H32O2/c1-12-15-6-8-20(5)9-7-17(21)13(2)16(20)10-14(11-18(12)22)19(15,3)4/h14,16-18,21-22H,2,6-11H2,1,3-5H3/t14-,16?,17+,18+,20-/m1/s1. The second kappa shape index (κ2) is 5.21. The minimum absolute atomic E-state index is 0.160. The second-order valence-electron chi connectivity index (χ2n) is 8.90. The van der Waals surface area contributed by atoms with Crippen molar-refractivity contribution in [1.29, 1.82) is 0 Å². The summed E-state index contributed by atoms with van der Waals surface area (Å²) in [6.45, 7) is 13.5. The molecular formula is C20H32O2. The van der Waals surface area contributed by atoms with Gasteiger partial charge in [0.1, 0.15) is 0 Å². The summed E-state index contributed by atoms with van der Waals surface area (Å²) in [4.78, 5) is 0. The molecule has 0 spiro atoms. The third-order valence-corrected chi connectivity index (χ3v) is 7.45. The Balaban J connectivity index is 2.02. The molecule has 0 aromatic carbocycles. The molecule has 3 aliphatic carbocycles. The number of hydrogen-bond donors (Lipinski definition) is 2. The van der Waals surface area contributed by atoms with Crippen LogP contribution in [0.15, 0.2) is 23.3 Å². The maximum Gasteiger partial charge on any atom is 0.0753 e. The van der Waals surface area contributed by atoms with Gasteiger partial charge in [0.2, 0.25) is 0 Å². The van der Waals surface area contributed by atoms with Gasteiger partial charge in [0.05, 0.1) is 12.2 Å². The highest BCUT2D eigenvalue weighted by Crippen LogP contribution is 2.58. The van der Waals surface area contributed by atoms with Gasteiger partial charge in [0.25, 0.3) is 0 Å². The van der Waals surface area contributed by atoms with Gasteiger partial charge in [-0.3, -0.25) is 0 Å². The summed E-state index contributed by atoms with van der Waals surface area (Å²) >= 11 is 0. The molecule has 3 rings (SSSR count). The van der Waals surface area contributed by atoms with E-state index in [1.807, 2.05) is 0 Å². The lowest BCUT2D eigenvalue weighted by Crippen LogP contribution is -2.46. The van der Waals surface area contributed by atoms with Crippen molar-refractivity contribution in [2.45, 2.75) is 78.4 Å². The van der Waals surface area contributed by atoms with E-state index in [9.17, 15) is 10.2 Å². The van der Waals surface area contributed by atoms with E-state index in [1.165, 1.54) is 11.1 Å². The van der Waals surface area contributed by atoms with E-state index in [4.69, 9.17) is 0 Å². The Labute approximate surface area is 135 Å². The Morgan fingerprint density at radius 1 is 1.05 bits per heavy atom. The first kappa shape index (κ1) is 16.3. The lowest BCUT2D eigenvalue weighted by Gasteiger charge is -2.53. The second-order valence-corrected chi connectivity index (χ2v) is 8.90. The van der Waals surface area contributed by atoms with Crippen molar-refractivity contribution in [3.63, 3.8) is 0 Å². The summed E-state index contributed by atoms with van der Waals surface area (Å²) < 4.78 is 0. The van der Waals surface area contributed by atoms with Gasteiger partial charge < -0.3 is 10.2 Å². The minimum atomic E-state index is -0.328. The van der Waals surface area contributed by atoms with E-state index < -0.39 is 0 Å². The Kier molecular flexibility index (Phi) is 3.85. The monoisotopic (exact) mass is 304 g/mol. The predicted octanol–water partition coefficient (Wildman–Crippen LogP) is 4.23. The minimum Gasteiger partial charge on any atom is -0.389 e. The number of aliphatic hydroxyl groups excluding tert-OH is 2. The topological polar surface area (TPSA) is 40.5 Å². The summed E-state index contributed by atoms with van der Waals surface area (Å²) in [5, 5.41) is 20.8. The molecule has 0 aliphatic heterocycles. The first-order valence-electron chi connectivity index (χ1n) is 8.92. The Hall–Kier alpha value is -0.600. The molecule has 0 radical (unpaired) electrons. The zero-order valence-electron chi connectivity index (χ0n) is 14.7. The molecule has 2 bridgehead atoms. The normalized spacial score (nSPS) is 45.1. The third kappa shape index (κ3) is 2.30. The molecule has 124 valence electrons. The number of rotatable bonds is 0. The summed E-state index contributed by atoms with van der Waals surface area (Å²) in [5.74, 6) is 0.876. The molecule has 2 N–H and O–H groups in total. The van der Waals surface area contributed by atoms with Crippen LogP contribution in [0.2, 0.25) is 0 Å². The number of allylic oxidation sites excluding steroid dienone is 1. The highest BCUT2D eigenvalue weighted by atomic mass is 16.3. The fourth-order valence-electron chi connectivity index (χ4n) is 5.54. The Morgan fingerprint density at radius 2 is 1.73 bits per heavy atom. The van der Waals surface area contributed by atoms with Crippen LogP contribution in [0.25, 0.3) is 0 Å². The predicted molar refractivity (Wildman–Crippen MR) is 90.4 cm³/mol. The number of fused-ring (bicyclic) bond motifs is 3. The molecule has 0 aromatic rings. The average Bonchev–Trinajstić information content (AvgIpc) is 2.44. The average molecular weight is 304 g/mol. The lowest BCUT2D eigenvalue weighted by atomic mass is 9.52. The largest absolute Gasteiger partial charge is 0.389 e. The molecule has 0 aromatic heterocycles. The van der Waals surface area contributed by atoms with Crippen molar-refractivity contribution in [1.82, 2.24) is 0 Å². The molecule has 0 amide bonds. The van der Waals surface area contributed by atoms with Crippen LogP contribution in [0.3, 0.4) is 0 Å². The van der Waals surface area contributed by atoms with Crippen molar-refractivity contribution >= 4 is 0 Å². The van der Waals surface area contributed by atoms with Crippen LogP contribution in [0, 0.1) is 22.7 Å². The van der Waals surface area contributed by atoms with Crippen molar-refractivity contribution in [3.05, 3.63) is 23.3 Å². The Morgan fingerprint density at radius 3 is 2.41 bits per heavy atom. The van der Waals surface area contributed by atoms with Gasteiger partial charge in [-0.1, -0.05) is 32.9 Å². The zero-order chi connectivity index (χ0) is 16.3. The molecule has 22 heavy (non-hydrogen) atoms. The van der Waals surface area contributed by atoms with E-state index in [0.717, 1.165) is 44.1 Å². The molecule has 2 heteroatoms. The lowest BCUT2D eigenvalue weighted by molar-refractivity contribution is 0.0138. The smallest absolute Gasteiger partial charge is 0.0753 e. The van der Waals surface area contributed by atoms with Crippen LogP contribution < -0.4 is 0 Å². The molecule has 1 unspecified atom stereocenters. The van der Waals surface area contributed by atoms with Gasteiger partial charge in [-0.25, -0.2) is 0 Å². The van der Waals surface area contributed by atoms with Crippen LogP contribution in [-0.2, 0) is 0 Å². The zero-order valence-corrected chi connectivity index (χ0v) is 14.7. The molecule has 2 fully saturated rings. The van der Waals surface area contributed by atoms with Crippen LogP contribution in [0.1, 0.15) is 66.2 Å². The molecule has 2 saturated carbocycles. The molecule has 5 atom stereocenters. The molecule has 0 heterocycles. The van der Waals surface area contributed by atoms with Crippen LogP contribution >= 0.6 is 0 Å². The molecule has 3 aliphatic rings. The van der Waals surface area contributed by atoms with Gasteiger partial charge in [0, 0.05) is 0 Å². The van der Waals surface area contributed by atoms with E-state index in [2.05, 4.69) is 34.3 Å². The van der Waals surface area contributed by atoms with Gasteiger partial charge in [-0.15, -0.1) is 0 Å². The molecule has 2 nitrogen and oxygen atoms in total. The van der Waals surface area contributed by atoms with Crippen molar-refractivity contribution < 1.29 is 10.2 Å². The van der Waals surface area contributed by atoms with E-state index in [1.54, 1.807) is 0 Å². The first-order valence-corrected chi connectivity index (χ1v) is 8.92. The van der Waals surface area contributed by atoms with Crippen molar-refractivity contribution in [2.75, 3.05) is 0 Å². The fourth-order valence-corrected chi connectivity index (χ4v) is 5.54. The Bertz CT molecular complexity index is 516. The first-order chi connectivity index (χ1) is 10.2. The van der Waals surface area contributed by atoms with E-state index >= 15 is 0 Å². The van der Waals surface area contributed by atoms with Gasteiger partial charge in [-0.05, 0) is 79.3 Å². The van der Waals surface area contributed by atoms with E-state index in [-0.39, 0.29) is 23.0 Å². The summed E-state index contributed by atoms with van der Waals surface area (Å²) in [7, 11) is 0. The van der Waals surface area contributed by atoms with E-state index in [0.29, 0.717) is 11.8 Å². The quantitative estimate of drug-likeness (QED) is 0.658. The van der Waals surface area contributed by atoms with Crippen molar-refractivity contribution in [2.24, 2.45) is 22.7 Å².